The van der Waals surface area contributed by atoms with Gasteiger partial charge in [0.2, 0.25) is 10.0 Å². The molecular weight excluding hydrogens is 292 g/mol. The van der Waals surface area contributed by atoms with Gasteiger partial charge in [0.05, 0.1) is 4.90 Å². The quantitative estimate of drug-likeness (QED) is 0.848. The van der Waals surface area contributed by atoms with Crippen LogP contribution in [0.5, 0.6) is 0 Å². The Bertz CT molecular complexity index is 599. The lowest BCUT2D eigenvalue weighted by atomic mass is 9.80. The Labute approximate surface area is 125 Å². The van der Waals surface area contributed by atoms with Crippen molar-refractivity contribution in [1.82, 2.24) is 10.0 Å². The third kappa shape index (κ3) is 3.08. The van der Waals surface area contributed by atoms with Crippen LogP contribution in [0.4, 0.5) is 0 Å². The molecule has 6 heteroatoms. The van der Waals surface area contributed by atoms with E-state index in [-0.39, 0.29) is 5.54 Å². The van der Waals surface area contributed by atoms with Crippen LogP contribution in [0.25, 0.3) is 0 Å². The molecule has 0 amide bonds. The van der Waals surface area contributed by atoms with Crippen molar-refractivity contribution >= 4 is 21.4 Å². The molecular formula is C14H22N2O2S2. The van der Waals surface area contributed by atoms with E-state index in [1.807, 2.05) is 19.9 Å². The van der Waals surface area contributed by atoms with Gasteiger partial charge in [-0.25, -0.2) is 13.1 Å². The lowest BCUT2D eigenvalue weighted by Crippen LogP contribution is -2.50. The Balaban J connectivity index is 1.74. The zero-order valence-corrected chi connectivity index (χ0v) is 13.7. The molecule has 0 aromatic carbocycles. The van der Waals surface area contributed by atoms with Gasteiger partial charge in [0.25, 0.3) is 0 Å². The summed E-state index contributed by atoms with van der Waals surface area (Å²) in [5.74, 6) is 0. The van der Waals surface area contributed by atoms with Gasteiger partial charge in [-0.15, -0.1) is 11.3 Å². The van der Waals surface area contributed by atoms with Crippen molar-refractivity contribution < 1.29 is 8.42 Å². The maximum absolute atomic E-state index is 12.5. The molecule has 1 aromatic heterocycles. The van der Waals surface area contributed by atoms with Crippen LogP contribution in [0.3, 0.4) is 0 Å². The van der Waals surface area contributed by atoms with Crippen molar-refractivity contribution in [1.29, 1.82) is 0 Å². The zero-order chi connectivity index (χ0) is 14.4. The Morgan fingerprint density at radius 3 is 2.65 bits per heavy atom. The largest absolute Gasteiger partial charge is 0.309 e. The molecule has 2 aliphatic carbocycles. The van der Waals surface area contributed by atoms with Crippen molar-refractivity contribution in [3.8, 4) is 0 Å². The van der Waals surface area contributed by atoms with Gasteiger partial charge in [-0.1, -0.05) is 0 Å². The molecule has 1 aromatic rings. The summed E-state index contributed by atoms with van der Waals surface area (Å²) in [6.45, 7) is 4.66. The highest BCUT2D eigenvalue weighted by molar-refractivity contribution is 7.89. The predicted molar refractivity (Wildman–Crippen MR) is 81.5 cm³/mol. The van der Waals surface area contributed by atoms with Crippen molar-refractivity contribution in [2.75, 3.05) is 0 Å². The summed E-state index contributed by atoms with van der Waals surface area (Å²) in [7, 11) is -3.38. The van der Waals surface area contributed by atoms with Crippen LogP contribution in [0.15, 0.2) is 11.0 Å². The van der Waals surface area contributed by atoms with Gasteiger partial charge in [-0.05, 0) is 52.0 Å². The fourth-order valence-electron chi connectivity index (χ4n) is 2.60. The first-order chi connectivity index (χ1) is 9.38. The first-order valence-corrected chi connectivity index (χ1v) is 9.55. The van der Waals surface area contributed by atoms with E-state index in [9.17, 15) is 8.42 Å². The van der Waals surface area contributed by atoms with Gasteiger partial charge < -0.3 is 5.32 Å². The number of thiophene rings is 1. The fourth-order valence-corrected chi connectivity index (χ4v) is 5.65. The maximum Gasteiger partial charge on any atom is 0.242 e. The fraction of sp³-hybridized carbons (Fsp3) is 0.714. The van der Waals surface area contributed by atoms with E-state index in [1.165, 1.54) is 12.8 Å². The van der Waals surface area contributed by atoms with Crippen LogP contribution < -0.4 is 10.0 Å². The third-order valence-electron chi connectivity index (χ3n) is 4.19. The van der Waals surface area contributed by atoms with E-state index in [0.717, 1.165) is 35.6 Å². The summed E-state index contributed by atoms with van der Waals surface area (Å²) >= 11 is 1.58. The molecule has 0 unspecified atom stereocenters. The van der Waals surface area contributed by atoms with Gasteiger partial charge in [0.15, 0.2) is 0 Å². The van der Waals surface area contributed by atoms with Crippen LogP contribution >= 0.6 is 11.3 Å². The molecule has 2 saturated carbocycles. The summed E-state index contributed by atoms with van der Waals surface area (Å²) in [4.78, 5) is 2.45. The molecule has 4 nitrogen and oxygen atoms in total. The first-order valence-electron chi connectivity index (χ1n) is 7.25. The first kappa shape index (κ1) is 14.5. The molecule has 3 rings (SSSR count). The Morgan fingerprint density at radius 2 is 2.10 bits per heavy atom. The highest BCUT2D eigenvalue weighted by Gasteiger charge is 2.37. The molecule has 2 aliphatic rings. The predicted octanol–water partition coefficient (Wildman–Crippen LogP) is 2.53. The van der Waals surface area contributed by atoms with Crippen LogP contribution in [-0.4, -0.2) is 20.0 Å². The minimum absolute atomic E-state index is 0.236. The smallest absolute Gasteiger partial charge is 0.242 e. The Kier molecular flexibility index (Phi) is 3.69. The number of aryl methyl sites for hydroxylation is 1. The third-order valence-corrected chi connectivity index (χ3v) is 7.14. The maximum atomic E-state index is 12.5. The average Bonchev–Trinajstić information content (AvgIpc) is 3.07. The van der Waals surface area contributed by atoms with Crippen LogP contribution in [0, 0.1) is 6.92 Å². The van der Waals surface area contributed by atoms with E-state index in [0.29, 0.717) is 10.9 Å². The number of rotatable bonds is 6. The highest BCUT2D eigenvalue weighted by atomic mass is 32.2. The highest BCUT2D eigenvalue weighted by Crippen LogP contribution is 2.34. The van der Waals surface area contributed by atoms with E-state index >= 15 is 0 Å². The summed E-state index contributed by atoms with van der Waals surface area (Å²) in [5.41, 5.74) is -0.236. The van der Waals surface area contributed by atoms with E-state index in [2.05, 4.69) is 10.0 Å². The molecule has 0 bridgehead atoms. The van der Waals surface area contributed by atoms with Gasteiger partial charge in [-0.3, -0.25) is 0 Å². The van der Waals surface area contributed by atoms with Crippen molar-refractivity contribution in [3.05, 3.63) is 15.8 Å². The normalized spacial score (nSPS) is 21.7. The summed E-state index contributed by atoms with van der Waals surface area (Å²) in [5, 5.41) is 3.43. The minimum atomic E-state index is -3.38. The average molecular weight is 314 g/mol. The second kappa shape index (κ2) is 5.09. The van der Waals surface area contributed by atoms with Gasteiger partial charge in [0, 0.05) is 27.9 Å². The van der Waals surface area contributed by atoms with E-state index < -0.39 is 10.0 Å². The Hall–Kier alpha value is -0.430. The molecule has 0 atom stereocenters. The molecule has 2 N–H and O–H groups in total. The van der Waals surface area contributed by atoms with E-state index in [4.69, 9.17) is 0 Å². The molecule has 0 radical (unpaired) electrons. The van der Waals surface area contributed by atoms with Crippen molar-refractivity contribution in [3.63, 3.8) is 0 Å². The zero-order valence-electron chi connectivity index (χ0n) is 12.0. The van der Waals surface area contributed by atoms with Crippen molar-refractivity contribution in [2.24, 2.45) is 0 Å². The summed E-state index contributed by atoms with van der Waals surface area (Å²) in [6, 6.07) is 2.48. The minimum Gasteiger partial charge on any atom is -0.309 e. The summed E-state index contributed by atoms with van der Waals surface area (Å²) in [6.07, 6.45) is 5.47. The molecule has 1 heterocycles. The lowest BCUT2D eigenvalue weighted by Gasteiger charge is -2.38. The lowest BCUT2D eigenvalue weighted by molar-refractivity contribution is 0.248. The van der Waals surface area contributed by atoms with Crippen LogP contribution in [0.1, 0.15) is 48.8 Å². The SMILES string of the molecule is Cc1sc(CNC2CC2)cc1S(=O)(=O)NC1(C)CCC1. The second-order valence-electron chi connectivity index (χ2n) is 6.31. The number of hydrogen-bond donors (Lipinski definition) is 2. The standard InChI is InChI=1S/C14H22N2O2S2/c1-10-13(8-12(19-10)9-15-11-4-5-11)20(17,18)16-14(2)6-3-7-14/h8,11,15-16H,3-7,9H2,1-2H3. The van der Waals surface area contributed by atoms with Crippen LogP contribution in [0.2, 0.25) is 0 Å². The van der Waals surface area contributed by atoms with Gasteiger partial charge >= 0.3 is 0 Å². The summed E-state index contributed by atoms with van der Waals surface area (Å²) < 4.78 is 27.9. The monoisotopic (exact) mass is 314 g/mol. The molecule has 112 valence electrons. The Morgan fingerprint density at radius 1 is 1.40 bits per heavy atom. The van der Waals surface area contributed by atoms with Gasteiger partial charge in [0.1, 0.15) is 0 Å². The van der Waals surface area contributed by atoms with E-state index in [1.54, 1.807) is 11.3 Å². The molecule has 0 spiro atoms. The second-order valence-corrected chi connectivity index (χ2v) is 9.30. The topological polar surface area (TPSA) is 58.2 Å². The van der Waals surface area contributed by atoms with Crippen molar-refractivity contribution in [2.45, 2.75) is 69.0 Å². The molecule has 0 aliphatic heterocycles. The number of hydrogen-bond acceptors (Lipinski definition) is 4. The number of nitrogens with one attached hydrogen (secondary N) is 2. The van der Waals surface area contributed by atoms with Gasteiger partial charge in [-0.2, -0.15) is 0 Å². The molecule has 2 fully saturated rings. The molecule has 0 saturated heterocycles. The molecule has 20 heavy (non-hydrogen) atoms. The number of sulfonamides is 1. The van der Waals surface area contributed by atoms with Crippen LogP contribution in [-0.2, 0) is 16.6 Å².